The topological polar surface area (TPSA) is 52.7 Å². The van der Waals surface area contributed by atoms with Gasteiger partial charge in [0.2, 0.25) is 11.8 Å². The monoisotopic (exact) mass is 267 g/mol. The van der Waals surface area contributed by atoms with Crippen LogP contribution >= 0.6 is 0 Å². The van der Waals surface area contributed by atoms with Crippen LogP contribution in [-0.2, 0) is 9.59 Å². The number of hydrogen-bond acceptors (Lipinski definition) is 3. The molecule has 0 spiro atoms. The second-order valence-electron chi connectivity index (χ2n) is 5.97. The highest BCUT2D eigenvalue weighted by molar-refractivity contribution is 5.90. The fraction of sp³-hybridized carbons (Fsp3) is 0.857. The van der Waals surface area contributed by atoms with Crippen molar-refractivity contribution in [3.05, 3.63) is 0 Å². The molecule has 2 saturated heterocycles. The quantitative estimate of drug-likeness (QED) is 0.814. The third-order valence-corrected chi connectivity index (χ3v) is 4.27. The second-order valence-corrected chi connectivity index (χ2v) is 5.97. The number of piperidine rings is 1. The van der Waals surface area contributed by atoms with E-state index in [9.17, 15) is 9.59 Å². The zero-order valence-electron chi connectivity index (χ0n) is 12.1. The van der Waals surface area contributed by atoms with Gasteiger partial charge in [-0.05, 0) is 45.6 Å². The Morgan fingerprint density at radius 1 is 1.21 bits per heavy atom. The van der Waals surface area contributed by atoms with Crippen LogP contribution in [0, 0.1) is 0 Å². The molecule has 0 aliphatic carbocycles. The second kappa shape index (κ2) is 5.90. The predicted molar refractivity (Wildman–Crippen MR) is 73.7 cm³/mol. The first kappa shape index (κ1) is 14.3. The summed E-state index contributed by atoms with van der Waals surface area (Å²) in [5.74, 6) is 0.118. The number of likely N-dealkylation sites (tertiary alicyclic amines) is 1. The zero-order chi connectivity index (χ0) is 13.9. The number of carbonyl (C=O) groups is 2. The van der Waals surface area contributed by atoms with Crippen molar-refractivity contribution in [3.8, 4) is 0 Å². The van der Waals surface area contributed by atoms with E-state index in [4.69, 9.17) is 0 Å². The van der Waals surface area contributed by atoms with Gasteiger partial charge in [-0.15, -0.1) is 0 Å². The molecule has 0 aromatic carbocycles. The molecule has 2 rings (SSSR count). The maximum Gasteiger partial charge on any atom is 0.242 e. The molecule has 2 aliphatic rings. The molecular formula is C14H25N3O2. The average Bonchev–Trinajstić information content (AvgIpc) is 2.92. The van der Waals surface area contributed by atoms with Crippen LogP contribution in [0.15, 0.2) is 0 Å². The normalized spacial score (nSPS) is 27.4. The predicted octanol–water partition coefficient (Wildman–Crippen LogP) is 0.599. The van der Waals surface area contributed by atoms with Gasteiger partial charge in [0, 0.05) is 20.1 Å². The van der Waals surface area contributed by atoms with Crippen molar-refractivity contribution < 1.29 is 9.59 Å². The molecule has 1 unspecified atom stereocenters. The van der Waals surface area contributed by atoms with Crippen LogP contribution in [0.5, 0.6) is 0 Å². The summed E-state index contributed by atoms with van der Waals surface area (Å²) in [5, 5.41) is 3.30. The molecule has 2 aliphatic heterocycles. The molecule has 5 heteroatoms. The molecule has 19 heavy (non-hydrogen) atoms. The minimum atomic E-state index is -0.488. The Kier molecular flexibility index (Phi) is 4.45. The van der Waals surface area contributed by atoms with E-state index >= 15 is 0 Å². The highest BCUT2D eigenvalue weighted by Gasteiger charge is 2.37. The number of carbonyl (C=O) groups excluding carboxylic acids is 2. The summed E-state index contributed by atoms with van der Waals surface area (Å²) in [6, 6.07) is 0. The van der Waals surface area contributed by atoms with E-state index in [0.717, 1.165) is 51.7 Å². The van der Waals surface area contributed by atoms with E-state index in [1.165, 1.54) is 0 Å². The van der Waals surface area contributed by atoms with Crippen molar-refractivity contribution in [1.29, 1.82) is 0 Å². The molecule has 0 aromatic rings. The lowest BCUT2D eigenvalue weighted by molar-refractivity contribution is -0.143. The Labute approximate surface area is 115 Å². The standard InChI is InChI=1S/C14H25N3O2/c1-14(7-3-4-8-15-14)13(19)16(2)11-12(18)17-9-5-6-10-17/h15H,3-11H2,1-2H3. The number of hydrogen-bond donors (Lipinski definition) is 1. The van der Waals surface area contributed by atoms with Crippen LogP contribution in [0.25, 0.3) is 0 Å². The van der Waals surface area contributed by atoms with E-state index in [0.29, 0.717) is 0 Å². The van der Waals surface area contributed by atoms with Gasteiger partial charge in [-0.3, -0.25) is 9.59 Å². The van der Waals surface area contributed by atoms with Gasteiger partial charge in [0.1, 0.15) is 0 Å². The summed E-state index contributed by atoms with van der Waals surface area (Å²) < 4.78 is 0. The van der Waals surface area contributed by atoms with Crippen LogP contribution in [0.2, 0.25) is 0 Å². The van der Waals surface area contributed by atoms with E-state index in [1.54, 1.807) is 11.9 Å². The molecule has 0 bridgehead atoms. The van der Waals surface area contributed by atoms with E-state index in [-0.39, 0.29) is 18.4 Å². The van der Waals surface area contributed by atoms with Gasteiger partial charge < -0.3 is 15.1 Å². The number of nitrogens with zero attached hydrogens (tertiary/aromatic N) is 2. The summed E-state index contributed by atoms with van der Waals surface area (Å²) in [7, 11) is 1.73. The zero-order valence-corrected chi connectivity index (χ0v) is 12.1. The van der Waals surface area contributed by atoms with Crippen LogP contribution in [0.1, 0.15) is 39.0 Å². The number of nitrogens with one attached hydrogen (secondary N) is 1. The lowest BCUT2D eigenvalue weighted by Crippen LogP contribution is -2.58. The number of rotatable bonds is 3. The van der Waals surface area contributed by atoms with Crippen LogP contribution in [0.3, 0.4) is 0 Å². The van der Waals surface area contributed by atoms with E-state index in [2.05, 4.69) is 5.32 Å². The summed E-state index contributed by atoms with van der Waals surface area (Å²) in [6.45, 7) is 4.73. The van der Waals surface area contributed by atoms with Crippen LogP contribution in [0.4, 0.5) is 0 Å². The molecule has 108 valence electrons. The van der Waals surface area contributed by atoms with Crippen molar-refractivity contribution in [1.82, 2.24) is 15.1 Å². The first-order chi connectivity index (χ1) is 9.03. The Morgan fingerprint density at radius 3 is 2.47 bits per heavy atom. The van der Waals surface area contributed by atoms with Crippen molar-refractivity contribution in [3.63, 3.8) is 0 Å². The largest absolute Gasteiger partial charge is 0.341 e. The van der Waals surface area contributed by atoms with Gasteiger partial charge in [-0.2, -0.15) is 0 Å². The average molecular weight is 267 g/mol. The molecule has 0 saturated carbocycles. The highest BCUT2D eigenvalue weighted by atomic mass is 16.2. The SMILES string of the molecule is CN(CC(=O)N1CCCC1)C(=O)C1(C)CCCCN1. The third-order valence-electron chi connectivity index (χ3n) is 4.27. The van der Waals surface area contributed by atoms with Crippen LogP contribution in [-0.4, -0.2) is 60.4 Å². The first-order valence-electron chi connectivity index (χ1n) is 7.31. The van der Waals surface area contributed by atoms with Gasteiger partial charge >= 0.3 is 0 Å². The van der Waals surface area contributed by atoms with Crippen molar-refractivity contribution in [2.24, 2.45) is 0 Å². The molecule has 0 radical (unpaired) electrons. The Hall–Kier alpha value is -1.10. The van der Waals surface area contributed by atoms with E-state index < -0.39 is 5.54 Å². The smallest absolute Gasteiger partial charge is 0.242 e. The first-order valence-corrected chi connectivity index (χ1v) is 7.31. The highest BCUT2D eigenvalue weighted by Crippen LogP contribution is 2.21. The summed E-state index contributed by atoms with van der Waals surface area (Å²) in [4.78, 5) is 28.0. The Morgan fingerprint density at radius 2 is 1.89 bits per heavy atom. The molecule has 2 heterocycles. The molecular weight excluding hydrogens is 242 g/mol. The minimum Gasteiger partial charge on any atom is -0.341 e. The summed E-state index contributed by atoms with van der Waals surface area (Å²) in [6.07, 6.45) is 5.22. The fourth-order valence-electron chi connectivity index (χ4n) is 3.00. The molecule has 2 fully saturated rings. The molecule has 5 nitrogen and oxygen atoms in total. The van der Waals surface area contributed by atoms with Gasteiger partial charge in [0.05, 0.1) is 12.1 Å². The van der Waals surface area contributed by atoms with Gasteiger partial charge in [-0.25, -0.2) is 0 Å². The van der Waals surface area contributed by atoms with Gasteiger partial charge in [-0.1, -0.05) is 0 Å². The lowest BCUT2D eigenvalue weighted by Gasteiger charge is -2.36. The van der Waals surface area contributed by atoms with Crippen LogP contribution < -0.4 is 5.32 Å². The van der Waals surface area contributed by atoms with Crippen molar-refractivity contribution >= 4 is 11.8 Å². The molecule has 2 amide bonds. The van der Waals surface area contributed by atoms with E-state index in [1.807, 2.05) is 11.8 Å². The molecule has 0 aromatic heterocycles. The fourth-order valence-corrected chi connectivity index (χ4v) is 3.00. The molecule has 1 atom stereocenters. The van der Waals surface area contributed by atoms with Crippen molar-refractivity contribution in [2.75, 3.05) is 33.2 Å². The maximum atomic E-state index is 12.5. The third kappa shape index (κ3) is 3.26. The van der Waals surface area contributed by atoms with Gasteiger partial charge in [0.15, 0.2) is 0 Å². The lowest BCUT2D eigenvalue weighted by atomic mass is 9.89. The molecule has 1 N–H and O–H groups in total. The Balaban J connectivity index is 1.89. The van der Waals surface area contributed by atoms with Gasteiger partial charge in [0.25, 0.3) is 0 Å². The summed E-state index contributed by atoms with van der Waals surface area (Å²) >= 11 is 0. The number of amides is 2. The Bertz CT molecular complexity index is 345. The summed E-state index contributed by atoms with van der Waals surface area (Å²) in [5.41, 5.74) is -0.488. The van der Waals surface area contributed by atoms with Crippen molar-refractivity contribution in [2.45, 2.75) is 44.6 Å². The maximum absolute atomic E-state index is 12.5. The number of likely N-dealkylation sites (N-methyl/N-ethyl adjacent to an activating group) is 1. The minimum absolute atomic E-state index is 0.0414.